The van der Waals surface area contributed by atoms with Crippen molar-refractivity contribution in [3.63, 3.8) is 0 Å². The first-order valence-electron chi connectivity index (χ1n) is 5.92. The minimum absolute atomic E-state index is 0.105. The molecule has 1 unspecified atom stereocenters. The summed E-state index contributed by atoms with van der Waals surface area (Å²) in [5, 5.41) is 3.53. The highest BCUT2D eigenvalue weighted by Gasteiger charge is 2.28. The molecule has 2 nitrogen and oxygen atoms in total. The van der Waals surface area contributed by atoms with E-state index in [0.717, 1.165) is 13.2 Å². The molecule has 0 radical (unpaired) electrons. The smallest absolute Gasteiger partial charge is 0.0952 e. The molecule has 16 heavy (non-hydrogen) atoms. The molecule has 0 amide bonds. The number of morpholine rings is 1. The Bertz CT molecular complexity index is 374. The van der Waals surface area contributed by atoms with Gasteiger partial charge in [-0.05, 0) is 38.8 Å². The lowest BCUT2D eigenvalue weighted by Crippen LogP contribution is -2.50. The first kappa shape index (κ1) is 11.6. The second-order valence-corrected chi connectivity index (χ2v) is 5.42. The first-order chi connectivity index (χ1) is 7.48. The summed E-state index contributed by atoms with van der Waals surface area (Å²) in [6.07, 6.45) is 0.202. The van der Waals surface area contributed by atoms with Gasteiger partial charge >= 0.3 is 0 Å². The summed E-state index contributed by atoms with van der Waals surface area (Å²) in [6.45, 7) is 10.3. The van der Waals surface area contributed by atoms with Crippen LogP contribution in [0.25, 0.3) is 0 Å². The normalized spacial score (nSPS) is 24.4. The van der Waals surface area contributed by atoms with Crippen molar-refractivity contribution in [1.82, 2.24) is 5.32 Å². The molecule has 0 bridgehead atoms. The molecular formula is C14H21NO. The van der Waals surface area contributed by atoms with Crippen LogP contribution in [0.2, 0.25) is 0 Å². The molecule has 1 aliphatic heterocycles. The molecule has 1 saturated heterocycles. The molecule has 0 saturated carbocycles. The Morgan fingerprint density at radius 2 is 2.06 bits per heavy atom. The molecule has 1 aromatic carbocycles. The summed E-state index contributed by atoms with van der Waals surface area (Å²) in [5.41, 5.74) is 4.04. The third kappa shape index (κ3) is 2.45. The minimum Gasteiger partial charge on any atom is -0.370 e. The summed E-state index contributed by atoms with van der Waals surface area (Å²) in [7, 11) is 0. The lowest BCUT2D eigenvalue weighted by atomic mass is 9.97. The summed E-state index contributed by atoms with van der Waals surface area (Å²) in [6, 6.07) is 6.56. The molecule has 0 aromatic heterocycles. The average molecular weight is 219 g/mol. The van der Waals surface area contributed by atoms with E-state index in [1.165, 1.54) is 16.7 Å². The summed E-state index contributed by atoms with van der Waals surface area (Å²) in [5.74, 6) is 0. The standard InChI is InChI=1S/C14H21NO/c1-10-5-6-11(2)12(7-10)13-8-15-14(3,4)9-16-13/h5-7,13,15H,8-9H2,1-4H3. The van der Waals surface area contributed by atoms with Crippen molar-refractivity contribution >= 4 is 0 Å². The van der Waals surface area contributed by atoms with Gasteiger partial charge in [0.15, 0.2) is 0 Å². The Labute approximate surface area is 98.0 Å². The van der Waals surface area contributed by atoms with Gasteiger partial charge in [-0.2, -0.15) is 0 Å². The van der Waals surface area contributed by atoms with Crippen LogP contribution in [-0.4, -0.2) is 18.7 Å². The quantitative estimate of drug-likeness (QED) is 0.784. The molecule has 1 fully saturated rings. The highest BCUT2D eigenvalue weighted by molar-refractivity contribution is 5.32. The molecule has 0 spiro atoms. The zero-order valence-corrected chi connectivity index (χ0v) is 10.6. The van der Waals surface area contributed by atoms with Crippen molar-refractivity contribution < 1.29 is 4.74 Å². The predicted molar refractivity (Wildman–Crippen MR) is 66.7 cm³/mol. The Morgan fingerprint density at radius 1 is 1.31 bits per heavy atom. The fraction of sp³-hybridized carbons (Fsp3) is 0.571. The van der Waals surface area contributed by atoms with Crippen molar-refractivity contribution in [2.24, 2.45) is 0 Å². The van der Waals surface area contributed by atoms with Crippen molar-refractivity contribution in [2.75, 3.05) is 13.2 Å². The van der Waals surface area contributed by atoms with Crippen LogP contribution in [0.5, 0.6) is 0 Å². The third-order valence-electron chi connectivity index (χ3n) is 3.19. The molecule has 2 rings (SSSR count). The Hall–Kier alpha value is -0.860. The van der Waals surface area contributed by atoms with E-state index in [4.69, 9.17) is 4.74 Å². The average Bonchev–Trinajstić information content (AvgIpc) is 2.22. The predicted octanol–water partition coefficient (Wildman–Crippen LogP) is 2.74. The van der Waals surface area contributed by atoms with Gasteiger partial charge in [-0.25, -0.2) is 0 Å². The topological polar surface area (TPSA) is 21.3 Å². The van der Waals surface area contributed by atoms with E-state index in [-0.39, 0.29) is 11.6 Å². The molecule has 0 aliphatic carbocycles. The van der Waals surface area contributed by atoms with E-state index in [0.29, 0.717) is 0 Å². The van der Waals surface area contributed by atoms with Gasteiger partial charge in [-0.15, -0.1) is 0 Å². The highest BCUT2D eigenvalue weighted by atomic mass is 16.5. The Balaban J connectivity index is 2.17. The van der Waals surface area contributed by atoms with Gasteiger partial charge in [-0.1, -0.05) is 23.8 Å². The van der Waals surface area contributed by atoms with Gasteiger partial charge in [0.25, 0.3) is 0 Å². The molecule has 1 aliphatic rings. The molecule has 1 heterocycles. The van der Waals surface area contributed by atoms with Crippen molar-refractivity contribution in [2.45, 2.75) is 39.3 Å². The van der Waals surface area contributed by atoms with Crippen LogP contribution < -0.4 is 5.32 Å². The third-order valence-corrected chi connectivity index (χ3v) is 3.19. The van der Waals surface area contributed by atoms with Crippen LogP contribution >= 0.6 is 0 Å². The second kappa shape index (κ2) is 4.19. The minimum atomic E-state index is 0.105. The van der Waals surface area contributed by atoms with Gasteiger partial charge < -0.3 is 10.1 Å². The zero-order valence-electron chi connectivity index (χ0n) is 10.6. The molecule has 88 valence electrons. The van der Waals surface area contributed by atoms with Gasteiger partial charge in [0.1, 0.15) is 0 Å². The number of hydrogen-bond donors (Lipinski definition) is 1. The van der Waals surface area contributed by atoms with Gasteiger partial charge in [0, 0.05) is 12.1 Å². The van der Waals surface area contributed by atoms with Crippen LogP contribution in [0.15, 0.2) is 18.2 Å². The number of aryl methyl sites for hydroxylation is 2. The summed E-state index contributed by atoms with van der Waals surface area (Å²) >= 11 is 0. The Morgan fingerprint density at radius 3 is 2.69 bits per heavy atom. The monoisotopic (exact) mass is 219 g/mol. The van der Waals surface area contributed by atoms with E-state index < -0.39 is 0 Å². The van der Waals surface area contributed by atoms with E-state index >= 15 is 0 Å². The molecule has 2 heteroatoms. The maximum absolute atomic E-state index is 5.95. The van der Waals surface area contributed by atoms with Gasteiger partial charge in [-0.3, -0.25) is 0 Å². The van der Waals surface area contributed by atoms with Crippen LogP contribution in [0.4, 0.5) is 0 Å². The second-order valence-electron chi connectivity index (χ2n) is 5.42. The van der Waals surface area contributed by atoms with Crippen LogP contribution in [0.3, 0.4) is 0 Å². The number of rotatable bonds is 1. The molecule has 1 N–H and O–H groups in total. The van der Waals surface area contributed by atoms with Crippen LogP contribution in [0.1, 0.15) is 36.6 Å². The van der Waals surface area contributed by atoms with Crippen molar-refractivity contribution in [1.29, 1.82) is 0 Å². The lowest BCUT2D eigenvalue weighted by Gasteiger charge is -2.36. The van der Waals surface area contributed by atoms with E-state index in [2.05, 4.69) is 51.2 Å². The fourth-order valence-corrected chi connectivity index (χ4v) is 2.09. The number of hydrogen-bond acceptors (Lipinski definition) is 2. The van der Waals surface area contributed by atoms with E-state index in [1.807, 2.05) is 0 Å². The molecular weight excluding hydrogens is 198 g/mol. The highest BCUT2D eigenvalue weighted by Crippen LogP contribution is 2.26. The van der Waals surface area contributed by atoms with Crippen molar-refractivity contribution in [3.8, 4) is 0 Å². The summed E-state index contributed by atoms with van der Waals surface area (Å²) in [4.78, 5) is 0. The zero-order chi connectivity index (χ0) is 11.8. The SMILES string of the molecule is Cc1ccc(C)c(C2CNC(C)(C)CO2)c1. The maximum Gasteiger partial charge on any atom is 0.0952 e. The van der Waals surface area contributed by atoms with E-state index in [9.17, 15) is 0 Å². The maximum atomic E-state index is 5.95. The lowest BCUT2D eigenvalue weighted by molar-refractivity contribution is -0.0232. The van der Waals surface area contributed by atoms with Crippen molar-refractivity contribution in [3.05, 3.63) is 34.9 Å². The summed E-state index contributed by atoms with van der Waals surface area (Å²) < 4.78 is 5.95. The van der Waals surface area contributed by atoms with Gasteiger partial charge in [0.05, 0.1) is 12.7 Å². The van der Waals surface area contributed by atoms with Crippen LogP contribution in [-0.2, 0) is 4.74 Å². The number of benzene rings is 1. The molecule has 1 aromatic rings. The van der Waals surface area contributed by atoms with Gasteiger partial charge in [0.2, 0.25) is 0 Å². The first-order valence-corrected chi connectivity index (χ1v) is 5.92. The molecule has 1 atom stereocenters. The largest absolute Gasteiger partial charge is 0.370 e. The number of ether oxygens (including phenoxy) is 1. The fourth-order valence-electron chi connectivity index (χ4n) is 2.09. The number of nitrogens with one attached hydrogen (secondary N) is 1. The Kier molecular flexibility index (Phi) is 3.04. The van der Waals surface area contributed by atoms with E-state index in [1.54, 1.807) is 0 Å². The van der Waals surface area contributed by atoms with Crippen LogP contribution in [0, 0.1) is 13.8 Å².